The van der Waals surface area contributed by atoms with Crippen molar-refractivity contribution < 1.29 is 14.6 Å². The zero-order valence-electron chi connectivity index (χ0n) is 8.19. The maximum Gasteiger partial charge on any atom is 0.338 e. The van der Waals surface area contributed by atoms with Gasteiger partial charge in [-0.15, -0.1) is 0 Å². The first-order chi connectivity index (χ1) is 6.79. The Hall–Kier alpha value is -1.35. The fourth-order valence-electron chi connectivity index (χ4n) is 1.21. The Balaban J connectivity index is 2.77. The van der Waals surface area contributed by atoms with E-state index in [4.69, 9.17) is 9.84 Å². The highest BCUT2D eigenvalue weighted by molar-refractivity contribution is 5.95. The number of hydrogen-bond acceptors (Lipinski definition) is 3. The van der Waals surface area contributed by atoms with Gasteiger partial charge in [-0.05, 0) is 13.3 Å². The first-order valence-electron chi connectivity index (χ1n) is 4.60. The van der Waals surface area contributed by atoms with Crippen molar-refractivity contribution in [2.24, 2.45) is 0 Å². The molecular weight excluding hydrogens is 180 g/mol. The second-order valence-electron chi connectivity index (χ2n) is 2.93. The molecule has 0 unspecified atom stereocenters. The molecule has 0 saturated heterocycles. The van der Waals surface area contributed by atoms with Crippen LogP contribution in [0.3, 0.4) is 0 Å². The molecule has 0 aliphatic carbocycles. The molecule has 0 aromatic heterocycles. The van der Waals surface area contributed by atoms with Crippen LogP contribution in [0.4, 0.5) is 0 Å². The Bertz CT molecular complexity index is 298. The van der Waals surface area contributed by atoms with E-state index >= 15 is 0 Å². The summed E-state index contributed by atoms with van der Waals surface area (Å²) in [7, 11) is 0. The van der Waals surface area contributed by atoms with E-state index in [0.717, 1.165) is 5.57 Å². The monoisotopic (exact) mass is 194 g/mol. The lowest BCUT2D eigenvalue weighted by Crippen LogP contribution is -1.96. The smallest absolute Gasteiger partial charge is 0.338 e. The molecule has 0 aromatic carbocycles. The number of hydrogen-bond donors (Lipinski definition) is 1. The van der Waals surface area contributed by atoms with Crippen molar-refractivity contribution in [2.45, 2.75) is 13.3 Å². The Morgan fingerprint density at radius 1 is 1.50 bits per heavy atom. The summed E-state index contributed by atoms with van der Waals surface area (Å²) in [5.41, 5.74) is 1.49. The summed E-state index contributed by atoms with van der Waals surface area (Å²) < 4.78 is 4.88. The van der Waals surface area contributed by atoms with Crippen LogP contribution in [0.25, 0.3) is 0 Å². The molecule has 3 heteroatoms. The van der Waals surface area contributed by atoms with E-state index in [1.165, 1.54) is 0 Å². The van der Waals surface area contributed by atoms with Gasteiger partial charge in [0, 0.05) is 12.2 Å². The number of carbonyl (C=O) groups is 1. The number of esters is 1. The summed E-state index contributed by atoms with van der Waals surface area (Å²) in [6.07, 6.45) is 7.81. The molecular formula is C11H14O3. The van der Waals surface area contributed by atoms with Crippen LogP contribution in [0, 0.1) is 0 Å². The average Bonchev–Trinajstić information content (AvgIpc) is 2.51. The largest absolute Gasteiger partial charge is 0.457 e. The predicted octanol–water partition coefficient (Wildman–Crippen LogP) is 1.35. The number of aliphatic hydroxyl groups is 1. The molecule has 1 aliphatic rings. The van der Waals surface area contributed by atoms with Crippen LogP contribution in [0.2, 0.25) is 0 Å². The molecule has 0 radical (unpaired) electrons. The molecule has 14 heavy (non-hydrogen) atoms. The van der Waals surface area contributed by atoms with Crippen molar-refractivity contribution in [3.05, 3.63) is 35.5 Å². The fraction of sp³-hybridized carbons (Fsp3) is 0.364. The molecule has 1 aliphatic heterocycles. The predicted molar refractivity (Wildman–Crippen MR) is 53.6 cm³/mol. The maximum absolute atomic E-state index is 11.2. The molecule has 0 fully saturated rings. The summed E-state index contributed by atoms with van der Waals surface area (Å²) in [4.78, 5) is 11.2. The van der Waals surface area contributed by atoms with E-state index in [-0.39, 0.29) is 12.6 Å². The quantitative estimate of drug-likeness (QED) is 0.687. The van der Waals surface area contributed by atoms with Crippen LogP contribution >= 0.6 is 0 Å². The van der Waals surface area contributed by atoms with Gasteiger partial charge in [-0.3, -0.25) is 0 Å². The SMILES string of the molecule is C/C=C/C1=C(/C=C/CCO)COC1=O. The third kappa shape index (κ3) is 2.57. The number of allylic oxidation sites excluding steroid dienone is 1. The van der Waals surface area contributed by atoms with Crippen molar-refractivity contribution in [1.82, 2.24) is 0 Å². The number of carbonyl (C=O) groups excluding carboxylic acids is 1. The highest BCUT2D eigenvalue weighted by atomic mass is 16.5. The Morgan fingerprint density at radius 3 is 2.93 bits per heavy atom. The zero-order chi connectivity index (χ0) is 10.4. The maximum atomic E-state index is 11.2. The van der Waals surface area contributed by atoms with E-state index in [9.17, 15) is 4.79 Å². The third-order valence-corrected chi connectivity index (χ3v) is 1.87. The van der Waals surface area contributed by atoms with Gasteiger partial charge in [0.05, 0.1) is 5.57 Å². The lowest BCUT2D eigenvalue weighted by molar-refractivity contribution is -0.135. The molecule has 0 saturated carbocycles. The van der Waals surface area contributed by atoms with Gasteiger partial charge in [0.1, 0.15) is 6.61 Å². The van der Waals surface area contributed by atoms with Crippen molar-refractivity contribution in [3.63, 3.8) is 0 Å². The molecule has 1 rings (SSSR count). The van der Waals surface area contributed by atoms with E-state index in [0.29, 0.717) is 18.6 Å². The lowest BCUT2D eigenvalue weighted by atomic mass is 10.1. The van der Waals surface area contributed by atoms with Gasteiger partial charge in [-0.2, -0.15) is 0 Å². The molecule has 0 amide bonds. The molecule has 0 atom stereocenters. The molecule has 76 valence electrons. The summed E-state index contributed by atoms with van der Waals surface area (Å²) in [6.45, 7) is 2.31. The second-order valence-corrected chi connectivity index (χ2v) is 2.93. The minimum atomic E-state index is -0.272. The number of cyclic esters (lactones) is 1. The van der Waals surface area contributed by atoms with E-state index < -0.39 is 0 Å². The summed E-state index contributed by atoms with van der Waals surface area (Å²) >= 11 is 0. The average molecular weight is 194 g/mol. The van der Waals surface area contributed by atoms with Crippen LogP contribution in [-0.4, -0.2) is 24.3 Å². The molecule has 3 nitrogen and oxygen atoms in total. The molecule has 1 heterocycles. The second kappa shape index (κ2) is 5.40. The minimum Gasteiger partial charge on any atom is -0.457 e. The molecule has 0 bridgehead atoms. The normalized spacial score (nSPS) is 17.4. The van der Waals surface area contributed by atoms with Crippen LogP contribution in [-0.2, 0) is 9.53 Å². The Morgan fingerprint density at radius 2 is 2.29 bits per heavy atom. The van der Waals surface area contributed by atoms with E-state index in [1.807, 2.05) is 25.2 Å². The van der Waals surface area contributed by atoms with Gasteiger partial charge in [0.25, 0.3) is 0 Å². The number of rotatable bonds is 4. The van der Waals surface area contributed by atoms with Crippen LogP contribution in [0.5, 0.6) is 0 Å². The molecule has 1 N–H and O–H groups in total. The van der Waals surface area contributed by atoms with Crippen molar-refractivity contribution in [2.75, 3.05) is 13.2 Å². The van der Waals surface area contributed by atoms with Crippen LogP contribution < -0.4 is 0 Å². The zero-order valence-corrected chi connectivity index (χ0v) is 8.19. The standard InChI is InChI=1S/C11H14O3/c1-2-5-10-9(6-3-4-7-12)8-14-11(10)13/h2-3,5-6,12H,4,7-8H2,1H3/b5-2+,6-3+. The summed E-state index contributed by atoms with van der Waals surface area (Å²) in [5, 5.41) is 8.58. The van der Waals surface area contributed by atoms with Crippen LogP contribution in [0.1, 0.15) is 13.3 Å². The van der Waals surface area contributed by atoms with Gasteiger partial charge in [-0.1, -0.05) is 24.3 Å². The van der Waals surface area contributed by atoms with Crippen molar-refractivity contribution >= 4 is 5.97 Å². The van der Waals surface area contributed by atoms with E-state index in [1.54, 1.807) is 6.08 Å². The lowest BCUT2D eigenvalue weighted by Gasteiger charge is -1.90. The van der Waals surface area contributed by atoms with Gasteiger partial charge < -0.3 is 9.84 Å². The van der Waals surface area contributed by atoms with Gasteiger partial charge >= 0.3 is 5.97 Å². The Labute approximate surface area is 83.4 Å². The van der Waals surface area contributed by atoms with E-state index in [2.05, 4.69) is 0 Å². The first kappa shape index (κ1) is 10.7. The van der Waals surface area contributed by atoms with Crippen LogP contribution in [0.15, 0.2) is 35.5 Å². The molecule has 0 aromatic rings. The molecule has 0 spiro atoms. The summed E-state index contributed by atoms with van der Waals surface area (Å²) in [5.74, 6) is -0.272. The Kier molecular flexibility index (Phi) is 4.13. The number of ether oxygens (including phenoxy) is 1. The number of aliphatic hydroxyl groups excluding tert-OH is 1. The minimum absolute atomic E-state index is 0.123. The van der Waals surface area contributed by atoms with Gasteiger partial charge in [-0.25, -0.2) is 4.79 Å². The topological polar surface area (TPSA) is 46.5 Å². The van der Waals surface area contributed by atoms with Crippen molar-refractivity contribution in [3.8, 4) is 0 Å². The highest BCUT2D eigenvalue weighted by Gasteiger charge is 2.20. The summed E-state index contributed by atoms with van der Waals surface area (Å²) in [6, 6.07) is 0. The van der Waals surface area contributed by atoms with Gasteiger partial charge in [0.2, 0.25) is 0 Å². The first-order valence-corrected chi connectivity index (χ1v) is 4.60. The highest BCUT2D eigenvalue weighted by Crippen LogP contribution is 2.18. The van der Waals surface area contributed by atoms with Gasteiger partial charge in [0.15, 0.2) is 0 Å². The fourth-order valence-corrected chi connectivity index (χ4v) is 1.21. The van der Waals surface area contributed by atoms with Crippen molar-refractivity contribution in [1.29, 1.82) is 0 Å². The third-order valence-electron chi connectivity index (χ3n) is 1.87.